The monoisotopic (exact) mass is 396 g/mol. The number of benzene rings is 2. The van der Waals surface area contributed by atoms with E-state index >= 15 is 0 Å². The summed E-state index contributed by atoms with van der Waals surface area (Å²) in [6, 6.07) is 15.0. The van der Waals surface area contributed by atoms with Crippen LogP contribution in [-0.4, -0.2) is 33.5 Å². The summed E-state index contributed by atoms with van der Waals surface area (Å²) >= 11 is 1.09. The Bertz CT molecular complexity index is 990. The molecule has 10 heteroatoms. The van der Waals surface area contributed by atoms with Crippen molar-refractivity contribution in [3.8, 4) is 5.75 Å². The van der Waals surface area contributed by atoms with E-state index in [1.807, 2.05) is 6.07 Å². The van der Waals surface area contributed by atoms with Crippen LogP contribution in [0.5, 0.6) is 5.75 Å². The standard InChI is InChI=1S/C18H16N6O3S/c25-14-8-4-5-12(9-14)11-19-22-15(26)10-16-23-24-18(28-16)21-17(27)20-13-6-2-1-3-7-13/h1-9,11,25H,10H2,(H,22,26)(H2,20,21,24,27). The molecule has 1 heterocycles. The number of aromatic hydroxyl groups is 1. The molecule has 0 radical (unpaired) electrons. The maximum Gasteiger partial charge on any atom is 0.325 e. The molecule has 1 aromatic heterocycles. The van der Waals surface area contributed by atoms with E-state index in [0.29, 0.717) is 16.3 Å². The summed E-state index contributed by atoms with van der Waals surface area (Å²) in [6.07, 6.45) is 1.38. The number of carbonyl (C=O) groups is 2. The van der Waals surface area contributed by atoms with Crippen molar-refractivity contribution in [2.75, 3.05) is 10.6 Å². The minimum atomic E-state index is -0.450. The van der Waals surface area contributed by atoms with E-state index < -0.39 is 6.03 Å². The van der Waals surface area contributed by atoms with Gasteiger partial charge in [0.15, 0.2) is 0 Å². The average Bonchev–Trinajstić information content (AvgIpc) is 3.09. The third-order valence-corrected chi connectivity index (χ3v) is 4.14. The number of hydrogen-bond acceptors (Lipinski definition) is 7. The Balaban J connectivity index is 1.47. The van der Waals surface area contributed by atoms with Crippen molar-refractivity contribution in [3.63, 3.8) is 0 Å². The van der Waals surface area contributed by atoms with Gasteiger partial charge in [-0.25, -0.2) is 10.2 Å². The maximum absolute atomic E-state index is 11.9. The smallest absolute Gasteiger partial charge is 0.325 e. The highest BCUT2D eigenvalue weighted by atomic mass is 32.1. The number of phenols is 1. The molecule has 3 aromatic rings. The molecule has 0 aliphatic rings. The Kier molecular flexibility index (Phi) is 6.26. The number of nitrogens with one attached hydrogen (secondary N) is 3. The first-order valence-corrected chi connectivity index (χ1v) is 8.96. The SMILES string of the molecule is O=C(Cc1nnc(NC(=O)Nc2ccccc2)s1)NN=Cc1cccc(O)c1. The number of para-hydroxylation sites is 1. The van der Waals surface area contributed by atoms with Crippen molar-refractivity contribution >= 4 is 40.3 Å². The van der Waals surface area contributed by atoms with Crippen molar-refractivity contribution in [2.45, 2.75) is 6.42 Å². The van der Waals surface area contributed by atoms with Gasteiger partial charge in [-0.2, -0.15) is 5.10 Å². The lowest BCUT2D eigenvalue weighted by Gasteiger charge is -2.03. The first-order valence-electron chi connectivity index (χ1n) is 8.15. The molecule has 0 bridgehead atoms. The average molecular weight is 396 g/mol. The molecule has 0 unspecified atom stereocenters. The number of phenolic OH excluding ortho intramolecular Hbond substituents is 1. The Labute approximate surface area is 164 Å². The van der Waals surface area contributed by atoms with Crippen LogP contribution in [0.25, 0.3) is 0 Å². The van der Waals surface area contributed by atoms with Crippen LogP contribution in [-0.2, 0) is 11.2 Å². The Morgan fingerprint density at radius 3 is 2.68 bits per heavy atom. The number of rotatable bonds is 6. The maximum atomic E-state index is 11.9. The van der Waals surface area contributed by atoms with Crippen molar-refractivity contribution in [2.24, 2.45) is 5.10 Å². The lowest BCUT2D eigenvalue weighted by molar-refractivity contribution is -0.120. The summed E-state index contributed by atoms with van der Waals surface area (Å²) in [6.45, 7) is 0. The first kappa shape index (κ1) is 19.0. The predicted molar refractivity (Wildman–Crippen MR) is 107 cm³/mol. The van der Waals surface area contributed by atoms with Crippen LogP contribution in [0.4, 0.5) is 15.6 Å². The summed E-state index contributed by atoms with van der Waals surface area (Å²) in [4.78, 5) is 23.8. The molecule has 2 aromatic carbocycles. The van der Waals surface area contributed by atoms with Crippen molar-refractivity contribution in [3.05, 3.63) is 65.2 Å². The minimum absolute atomic E-state index is 0.0307. The molecular formula is C18H16N6O3S. The number of aromatic nitrogens is 2. The van der Waals surface area contributed by atoms with E-state index in [1.165, 1.54) is 18.3 Å². The van der Waals surface area contributed by atoms with Gasteiger partial charge in [0.05, 0.1) is 12.6 Å². The fourth-order valence-corrected chi connectivity index (χ4v) is 2.85. The molecule has 9 nitrogen and oxygen atoms in total. The molecule has 0 aliphatic carbocycles. The van der Waals surface area contributed by atoms with Crippen molar-refractivity contribution in [1.82, 2.24) is 15.6 Å². The molecule has 0 saturated carbocycles. The highest BCUT2D eigenvalue weighted by molar-refractivity contribution is 7.15. The number of hydrogen-bond donors (Lipinski definition) is 4. The number of anilines is 2. The molecule has 3 amide bonds. The molecule has 3 rings (SSSR count). The highest BCUT2D eigenvalue weighted by Crippen LogP contribution is 2.16. The lowest BCUT2D eigenvalue weighted by Crippen LogP contribution is -2.19. The molecule has 0 aliphatic heterocycles. The number of urea groups is 1. The van der Waals surface area contributed by atoms with Crippen molar-refractivity contribution in [1.29, 1.82) is 0 Å². The fourth-order valence-electron chi connectivity index (χ4n) is 2.12. The van der Waals surface area contributed by atoms with Gasteiger partial charge in [0.25, 0.3) is 0 Å². The molecule has 0 spiro atoms. The summed E-state index contributed by atoms with van der Waals surface area (Å²) < 4.78 is 0. The second kappa shape index (κ2) is 9.24. The lowest BCUT2D eigenvalue weighted by atomic mass is 10.2. The van der Waals surface area contributed by atoms with E-state index in [4.69, 9.17) is 0 Å². The summed E-state index contributed by atoms with van der Waals surface area (Å²) in [5, 5.41) is 26.8. The van der Waals surface area contributed by atoms with Gasteiger partial charge in [-0.15, -0.1) is 10.2 Å². The van der Waals surface area contributed by atoms with Crippen LogP contribution in [0.2, 0.25) is 0 Å². The highest BCUT2D eigenvalue weighted by Gasteiger charge is 2.11. The van der Waals surface area contributed by atoms with E-state index in [-0.39, 0.29) is 23.2 Å². The van der Waals surface area contributed by atoms with Crippen molar-refractivity contribution < 1.29 is 14.7 Å². The number of amides is 3. The molecule has 0 atom stereocenters. The first-order chi connectivity index (χ1) is 13.6. The zero-order valence-electron chi connectivity index (χ0n) is 14.5. The quantitative estimate of drug-likeness (QED) is 0.376. The number of carbonyl (C=O) groups excluding carboxylic acids is 2. The summed E-state index contributed by atoms with van der Waals surface area (Å²) in [5.74, 6) is -0.270. The van der Waals surface area contributed by atoms with Gasteiger partial charge in [-0.05, 0) is 29.8 Å². The van der Waals surface area contributed by atoms with Crippen LogP contribution >= 0.6 is 11.3 Å². The fraction of sp³-hybridized carbons (Fsp3) is 0.0556. The van der Waals surface area contributed by atoms with Gasteiger partial charge in [0.1, 0.15) is 10.8 Å². The normalized spacial score (nSPS) is 10.6. The van der Waals surface area contributed by atoms with Crippen LogP contribution in [0.15, 0.2) is 59.7 Å². The van der Waals surface area contributed by atoms with Crippen LogP contribution in [0, 0.1) is 0 Å². The zero-order valence-corrected chi connectivity index (χ0v) is 15.3. The summed E-state index contributed by atoms with van der Waals surface area (Å²) in [5.41, 5.74) is 3.66. The van der Waals surface area contributed by atoms with Gasteiger partial charge in [-0.1, -0.05) is 41.7 Å². The summed E-state index contributed by atoms with van der Waals surface area (Å²) in [7, 11) is 0. The van der Waals surface area contributed by atoms with E-state index in [1.54, 1.807) is 36.4 Å². The van der Waals surface area contributed by atoms with Crippen LogP contribution in [0.3, 0.4) is 0 Å². The Morgan fingerprint density at radius 1 is 1.07 bits per heavy atom. The number of hydrazone groups is 1. The van der Waals surface area contributed by atoms with Gasteiger partial charge in [0.2, 0.25) is 11.0 Å². The van der Waals surface area contributed by atoms with Gasteiger partial charge >= 0.3 is 6.03 Å². The Hall–Kier alpha value is -3.79. The minimum Gasteiger partial charge on any atom is -0.508 e. The molecule has 0 saturated heterocycles. The Morgan fingerprint density at radius 2 is 1.89 bits per heavy atom. The zero-order chi connectivity index (χ0) is 19.8. The van der Waals surface area contributed by atoms with Crippen LogP contribution < -0.4 is 16.1 Å². The van der Waals surface area contributed by atoms with Gasteiger partial charge in [0, 0.05) is 5.69 Å². The third-order valence-electron chi connectivity index (χ3n) is 3.30. The van der Waals surface area contributed by atoms with E-state index in [9.17, 15) is 14.7 Å². The molecule has 0 fully saturated rings. The van der Waals surface area contributed by atoms with Gasteiger partial charge in [-0.3, -0.25) is 10.1 Å². The topological polar surface area (TPSA) is 129 Å². The second-order valence-corrected chi connectivity index (χ2v) is 6.57. The molecule has 4 N–H and O–H groups in total. The third kappa shape index (κ3) is 5.88. The molecule has 142 valence electrons. The number of nitrogens with zero attached hydrogens (tertiary/aromatic N) is 3. The largest absolute Gasteiger partial charge is 0.508 e. The van der Waals surface area contributed by atoms with E-state index in [2.05, 4.69) is 31.4 Å². The molecular weight excluding hydrogens is 380 g/mol. The van der Waals surface area contributed by atoms with E-state index in [0.717, 1.165) is 11.3 Å². The predicted octanol–water partition coefficient (Wildman–Crippen LogP) is 2.58. The second-order valence-electron chi connectivity index (χ2n) is 5.51. The van der Waals surface area contributed by atoms with Gasteiger partial charge < -0.3 is 10.4 Å². The van der Waals surface area contributed by atoms with Crippen LogP contribution in [0.1, 0.15) is 10.6 Å². The molecule has 28 heavy (non-hydrogen) atoms.